The van der Waals surface area contributed by atoms with Gasteiger partial charge in [0, 0.05) is 6.04 Å². The second kappa shape index (κ2) is 3.87. The summed E-state index contributed by atoms with van der Waals surface area (Å²) in [5, 5.41) is 9.00. The Morgan fingerprint density at radius 2 is 1.88 bits per heavy atom. The standard InChI is InChI=1S/C6H15NO/c1-3-5(7)6(8)4-2/h5-6,8H,3-4,7H2,1-2H3/t5-,6?/m0/s1. The Morgan fingerprint density at radius 1 is 1.38 bits per heavy atom. The molecule has 2 heteroatoms. The van der Waals surface area contributed by atoms with Crippen LogP contribution in [0.1, 0.15) is 26.7 Å². The third-order valence-corrected chi connectivity index (χ3v) is 1.38. The highest BCUT2D eigenvalue weighted by molar-refractivity contribution is 4.67. The van der Waals surface area contributed by atoms with Crippen molar-refractivity contribution in [1.82, 2.24) is 0 Å². The van der Waals surface area contributed by atoms with Crippen molar-refractivity contribution in [3.05, 3.63) is 0 Å². The van der Waals surface area contributed by atoms with Crippen molar-refractivity contribution in [3.63, 3.8) is 0 Å². The molecule has 3 N–H and O–H groups in total. The Hall–Kier alpha value is -0.0800. The minimum Gasteiger partial charge on any atom is -0.392 e. The molecule has 0 saturated carbocycles. The van der Waals surface area contributed by atoms with Gasteiger partial charge in [0.1, 0.15) is 0 Å². The van der Waals surface area contributed by atoms with E-state index in [4.69, 9.17) is 10.8 Å². The molecular weight excluding hydrogens is 102 g/mol. The maximum Gasteiger partial charge on any atom is 0.0688 e. The van der Waals surface area contributed by atoms with E-state index >= 15 is 0 Å². The van der Waals surface area contributed by atoms with E-state index in [0.717, 1.165) is 12.8 Å². The van der Waals surface area contributed by atoms with Crippen LogP contribution in [-0.4, -0.2) is 17.3 Å². The van der Waals surface area contributed by atoms with Crippen LogP contribution in [0.4, 0.5) is 0 Å². The van der Waals surface area contributed by atoms with Gasteiger partial charge in [0.2, 0.25) is 0 Å². The van der Waals surface area contributed by atoms with Crippen LogP contribution in [0.25, 0.3) is 0 Å². The number of aliphatic hydroxyl groups excluding tert-OH is 1. The topological polar surface area (TPSA) is 46.2 Å². The Labute approximate surface area is 50.7 Å². The quantitative estimate of drug-likeness (QED) is 0.565. The lowest BCUT2D eigenvalue weighted by atomic mass is 10.1. The molecule has 2 nitrogen and oxygen atoms in total. The monoisotopic (exact) mass is 117 g/mol. The number of hydrogen-bond donors (Lipinski definition) is 2. The smallest absolute Gasteiger partial charge is 0.0688 e. The molecule has 0 spiro atoms. The highest BCUT2D eigenvalue weighted by Crippen LogP contribution is 1.97. The lowest BCUT2D eigenvalue weighted by Crippen LogP contribution is -2.33. The third-order valence-electron chi connectivity index (χ3n) is 1.38. The maximum absolute atomic E-state index is 9.00. The molecule has 0 fully saturated rings. The van der Waals surface area contributed by atoms with Gasteiger partial charge in [0.15, 0.2) is 0 Å². The van der Waals surface area contributed by atoms with Gasteiger partial charge in [0.05, 0.1) is 6.10 Å². The van der Waals surface area contributed by atoms with E-state index in [1.807, 2.05) is 13.8 Å². The normalized spacial score (nSPS) is 18.0. The molecule has 0 rings (SSSR count). The van der Waals surface area contributed by atoms with Gasteiger partial charge in [-0.25, -0.2) is 0 Å². The summed E-state index contributed by atoms with van der Waals surface area (Å²) in [6, 6.07) is -0.0278. The Balaban J connectivity index is 3.29. The molecule has 0 aliphatic rings. The van der Waals surface area contributed by atoms with Gasteiger partial charge in [-0.1, -0.05) is 13.8 Å². The Morgan fingerprint density at radius 3 is 2.00 bits per heavy atom. The second-order valence-electron chi connectivity index (χ2n) is 2.05. The molecule has 0 heterocycles. The molecule has 0 aromatic heterocycles. The van der Waals surface area contributed by atoms with E-state index < -0.39 is 0 Å². The molecule has 0 amide bonds. The molecule has 50 valence electrons. The average Bonchev–Trinajstić information content (AvgIpc) is 1.84. The van der Waals surface area contributed by atoms with Crippen molar-refractivity contribution in [2.24, 2.45) is 5.73 Å². The number of rotatable bonds is 3. The van der Waals surface area contributed by atoms with Crippen LogP contribution >= 0.6 is 0 Å². The molecule has 0 aliphatic carbocycles. The predicted molar refractivity (Wildman–Crippen MR) is 34.6 cm³/mol. The van der Waals surface area contributed by atoms with Gasteiger partial charge in [-0.3, -0.25) is 0 Å². The molecule has 0 aromatic carbocycles. The van der Waals surface area contributed by atoms with Crippen molar-refractivity contribution in [1.29, 1.82) is 0 Å². The molecule has 8 heavy (non-hydrogen) atoms. The summed E-state index contributed by atoms with van der Waals surface area (Å²) in [6.45, 7) is 3.91. The first-order valence-electron chi connectivity index (χ1n) is 3.16. The number of aliphatic hydroxyl groups is 1. The maximum atomic E-state index is 9.00. The van der Waals surface area contributed by atoms with Crippen molar-refractivity contribution in [3.8, 4) is 0 Å². The molecule has 0 aliphatic heterocycles. The van der Waals surface area contributed by atoms with Gasteiger partial charge >= 0.3 is 0 Å². The summed E-state index contributed by atoms with van der Waals surface area (Å²) in [5.74, 6) is 0. The average molecular weight is 117 g/mol. The van der Waals surface area contributed by atoms with Crippen molar-refractivity contribution < 1.29 is 5.11 Å². The minimum atomic E-state index is -0.306. The molecule has 0 bridgehead atoms. The van der Waals surface area contributed by atoms with Crippen LogP contribution in [0.3, 0.4) is 0 Å². The fourth-order valence-corrected chi connectivity index (χ4v) is 0.575. The predicted octanol–water partition coefficient (Wildman–Crippen LogP) is 0.495. The zero-order chi connectivity index (χ0) is 6.57. The number of nitrogens with two attached hydrogens (primary N) is 1. The van der Waals surface area contributed by atoms with Gasteiger partial charge in [0.25, 0.3) is 0 Å². The van der Waals surface area contributed by atoms with Crippen LogP contribution in [0.2, 0.25) is 0 Å². The van der Waals surface area contributed by atoms with Gasteiger partial charge in [-0.2, -0.15) is 0 Å². The first-order valence-corrected chi connectivity index (χ1v) is 3.16. The largest absolute Gasteiger partial charge is 0.392 e. The van der Waals surface area contributed by atoms with E-state index in [9.17, 15) is 0 Å². The van der Waals surface area contributed by atoms with Crippen LogP contribution in [0.5, 0.6) is 0 Å². The van der Waals surface area contributed by atoms with Crippen molar-refractivity contribution in [2.45, 2.75) is 38.8 Å². The second-order valence-corrected chi connectivity index (χ2v) is 2.05. The van der Waals surface area contributed by atoms with E-state index in [-0.39, 0.29) is 12.1 Å². The van der Waals surface area contributed by atoms with Crippen molar-refractivity contribution in [2.75, 3.05) is 0 Å². The molecule has 0 saturated heterocycles. The lowest BCUT2D eigenvalue weighted by Gasteiger charge is -2.13. The van der Waals surface area contributed by atoms with Crippen LogP contribution < -0.4 is 5.73 Å². The zero-order valence-electron chi connectivity index (χ0n) is 5.59. The Kier molecular flexibility index (Phi) is 3.83. The van der Waals surface area contributed by atoms with Gasteiger partial charge < -0.3 is 10.8 Å². The van der Waals surface area contributed by atoms with E-state index in [1.165, 1.54) is 0 Å². The summed E-state index contributed by atoms with van der Waals surface area (Å²) in [5.41, 5.74) is 5.48. The summed E-state index contributed by atoms with van der Waals surface area (Å²) >= 11 is 0. The van der Waals surface area contributed by atoms with Crippen molar-refractivity contribution >= 4 is 0 Å². The third kappa shape index (κ3) is 2.28. The summed E-state index contributed by atoms with van der Waals surface area (Å²) in [6.07, 6.45) is 1.31. The van der Waals surface area contributed by atoms with E-state index in [1.54, 1.807) is 0 Å². The first-order chi connectivity index (χ1) is 3.72. The highest BCUT2D eigenvalue weighted by atomic mass is 16.3. The van der Waals surface area contributed by atoms with Crippen LogP contribution in [0, 0.1) is 0 Å². The number of hydrogen-bond acceptors (Lipinski definition) is 2. The Bertz CT molecular complexity index is 48.5. The van der Waals surface area contributed by atoms with E-state index in [2.05, 4.69) is 0 Å². The van der Waals surface area contributed by atoms with E-state index in [0.29, 0.717) is 0 Å². The molecule has 0 aromatic rings. The summed E-state index contributed by atoms with van der Waals surface area (Å²) in [7, 11) is 0. The minimum absolute atomic E-state index is 0.0278. The zero-order valence-corrected chi connectivity index (χ0v) is 5.59. The molecule has 0 radical (unpaired) electrons. The fourth-order valence-electron chi connectivity index (χ4n) is 0.575. The molecule has 2 atom stereocenters. The first kappa shape index (κ1) is 7.92. The lowest BCUT2D eigenvalue weighted by molar-refractivity contribution is 0.138. The SMILES string of the molecule is CCC(O)[C@@H](N)CC. The van der Waals surface area contributed by atoms with Gasteiger partial charge in [-0.15, -0.1) is 0 Å². The van der Waals surface area contributed by atoms with Crippen LogP contribution in [-0.2, 0) is 0 Å². The fraction of sp³-hybridized carbons (Fsp3) is 1.00. The molecule has 1 unspecified atom stereocenters. The van der Waals surface area contributed by atoms with Gasteiger partial charge in [-0.05, 0) is 12.8 Å². The molecular formula is C6H15NO. The van der Waals surface area contributed by atoms with Crippen LogP contribution in [0.15, 0.2) is 0 Å². The highest BCUT2D eigenvalue weighted by Gasteiger charge is 2.08. The summed E-state index contributed by atoms with van der Waals surface area (Å²) in [4.78, 5) is 0. The summed E-state index contributed by atoms with van der Waals surface area (Å²) < 4.78 is 0.